The van der Waals surface area contributed by atoms with E-state index in [2.05, 4.69) is 33.8 Å². The molecule has 3 nitrogen and oxygen atoms in total. The molecule has 2 N–H and O–H groups in total. The summed E-state index contributed by atoms with van der Waals surface area (Å²) in [5, 5.41) is 19.6. The molecule has 0 amide bonds. The lowest BCUT2D eigenvalue weighted by Gasteiger charge is -2.58. The van der Waals surface area contributed by atoms with Gasteiger partial charge < -0.3 is 10.2 Å². The number of Topliss-reactive ketones (excluding diaryl/α,β-unsaturated/α-hetero) is 1. The zero-order valence-corrected chi connectivity index (χ0v) is 15.1. The molecule has 0 heterocycles. The Balaban J connectivity index is 1.95. The van der Waals surface area contributed by atoms with Gasteiger partial charge in [-0.3, -0.25) is 4.79 Å². The SMILES string of the molecule is CC1(C)CCC(=O)[C@@]2(C)[C@@H]3CC[C@](C)([C@H](O)CO)CC3=CC[C@H]12. The minimum atomic E-state index is -0.673. The van der Waals surface area contributed by atoms with Crippen LogP contribution in [0.25, 0.3) is 0 Å². The van der Waals surface area contributed by atoms with E-state index in [0.29, 0.717) is 24.0 Å². The predicted molar refractivity (Wildman–Crippen MR) is 90.9 cm³/mol. The summed E-state index contributed by atoms with van der Waals surface area (Å²) in [7, 11) is 0. The molecule has 3 rings (SSSR count). The number of carbonyl (C=O) groups is 1. The molecular weight excluding hydrogens is 288 g/mol. The summed E-state index contributed by atoms with van der Waals surface area (Å²) < 4.78 is 0. The Hall–Kier alpha value is -0.670. The van der Waals surface area contributed by atoms with Crippen LogP contribution in [0.4, 0.5) is 0 Å². The highest BCUT2D eigenvalue weighted by Gasteiger charge is 2.58. The smallest absolute Gasteiger partial charge is 0.139 e. The van der Waals surface area contributed by atoms with Crippen LogP contribution in [-0.4, -0.2) is 28.7 Å². The van der Waals surface area contributed by atoms with Gasteiger partial charge in [0.15, 0.2) is 0 Å². The maximum Gasteiger partial charge on any atom is 0.139 e. The fourth-order valence-electron chi connectivity index (χ4n) is 5.90. The first kappa shape index (κ1) is 17.2. The van der Waals surface area contributed by atoms with Crippen LogP contribution in [0.5, 0.6) is 0 Å². The lowest BCUT2D eigenvalue weighted by Crippen LogP contribution is -2.56. The average Bonchev–Trinajstić information content (AvgIpc) is 2.50. The molecule has 0 unspecified atom stereocenters. The number of ketones is 1. The number of allylic oxidation sites excluding steroid dienone is 2. The summed E-state index contributed by atoms with van der Waals surface area (Å²) in [6.45, 7) is 8.75. The van der Waals surface area contributed by atoms with Crippen LogP contribution in [0.2, 0.25) is 0 Å². The van der Waals surface area contributed by atoms with E-state index in [1.165, 1.54) is 5.57 Å². The van der Waals surface area contributed by atoms with Gasteiger partial charge >= 0.3 is 0 Å². The summed E-state index contributed by atoms with van der Waals surface area (Å²) in [6.07, 6.45) is 7.03. The molecule has 3 aliphatic carbocycles. The Bertz CT molecular complexity index is 535. The summed E-state index contributed by atoms with van der Waals surface area (Å²) in [4.78, 5) is 12.9. The van der Waals surface area contributed by atoms with Crippen LogP contribution in [0, 0.1) is 28.1 Å². The topological polar surface area (TPSA) is 57.5 Å². The van der Waals surface area contributed by atoms with Crippen LogP contribution >= 0.6 is 0 Å². The fraction of sp³-hybridized carbons (Fsp3) is 0.850. The standard InChI is InChI=1S/C20H32O3/c1-18(2)9-8-16(22)20(4)14-7-10-19(3,17(23)12-21)11-13(14)5-6-15(18)20/h5,14-15,17,21,23H,6-12H2,1-4H3/t14-,15-,17-,19+,20+/m1/s1. The molecule has 3 aliphatic rings. The molecule has 0 bridgehead atoms. The number of aliphatic hydroxyl groups excluding tert-OH is 2. The molecule has 0 saturated heterocycles. The first-order valence-corrected chi connectivity index (χ1v) is 9.16. The molecule has 0 aromatic carbocycles. The van der Waals surface area contributed by atoms with E-state index in [1.54, 1.807) is 0 Å². The van der Waals surface area contributed by atoms with E-state index >= 15 is 0 Å². The second-order valence-corrected chi connectivity index (χ2v) is 9.38. The first-order chi connectivity index (χ1) is 10.6. The third-order valence-electron chi connectivity index (χ3n) is 7.64. The van der Waals surface area contributed by atoms with Crippen LogP contribution in [0.3, 0.4) is 0 Å². The Kier molecular flexibility index (Phi) is 4.04. The molecule has 130 valence electrons. The molecular formula is C20H32O3. The minimum absolute atomic E-state index is 0.180. The van der Waals surface area contributed by atoms with Crippen molar-refractivity contribution in [1.29, 1.82) is 0 Å². The second-order valence-electron chi connectivity index (χ2n) is 9.38. The van der Waals surface area contributed by atoms with Crippen molar-refractivity contribution in [1.82, 2.24) is 0 Å². The maximum atomic E-state index is 12.9. The number of rotatable bonds is 2. The van der Waals surface area contributed by atoms with Gasteiger partial charge in [-0.05, 0) is 54.8 Å². The number of hydrogen-bond acceptors (Lipinski definition) is 3. The summed E-state index contributed by atoms with van der Waals surface area (Å²) >= 11 is 0. The predicted octanol–water partition coefficient (Wildman–Crippen LogP) is 3.49. The van der Waals surface area contributed by atoms with Crippen molar-refractivity contribution in [3.8, 4) is 0 Å². The Morgan fingerprint density at radius 1 is 1.26 bits per heavy atom. The largest absolute Gasteiger partial charge is 0.394 e. The van der Waals surface area contributed by atoms with Gasteiger partial charge in [0.05, 0.1) is 12.7 Å². The second kappa shape index (κ2) is 5.42. The molecule has 0 aromatic heterocycles. The van der Waals surface area contributed by atoms with Crippen molar-refractivity contribution in [2.75, 3.05) is 6.61 Å². The number of hydrogen-bond donors (Lipinski definition) is 2. The molecule has 0 aromatic rings. The number of aliphatic hydroxyl groups is 2. The molecule has 0 aliphatic heterocycles. The highest BCUT2D eigenvalue weighted by atomic mass is 16.3. The highest BCUT2D eigenvalue weighted by Crippen LogP contribution is 2.62. The zero-order chi connectivity index (χ0) is 17.0. The van der Waals surface area contributed by atoms with Crippen molar-refractivity contribution in [2.45, 2.75) is 72.3 Å². The lowest BCUT2D eigenvalue weighted by molar-refractivity contribution is -0.148. The van der Waals surface area contributed by atoms with Crippen molar-refractivity contribution in [2.24, 2.45) is 28.1 Å². The van der Waals surface area contributed by atoms with Crippen LogP contribution in [0.1, 0.15) is 66.2 Å². The van der Waals surface area contributed by atoms with Gasteiger partial charge in [-0.1, -0.05) is 39.3 Å². The van der Waals surface area contributed by atoms with Gasteiger partial charge in [-0.25, -0.2) is 0 Å². The van der Waals surface area contributed by atoms with Gasteiger partial charge in [0.25, 0.3) is 0 Å². The van der Waals surface area contributed by atoms with Crippen LogP contribution in [0.15, 0.2) is 11.6 Å². The summed E-state index contributed by atoms with van der Waals surface area (Å²) in [5.41, 5.74) is 1.08. The van der Waals surface area contributed by atoms with E-state index in [4.69, 9.17) is 0 Å². The van der Waals surface area contributed by atoms with Gasteiger partial charge in [0.1, 0.15) is 5.78 Å². The average molecular weight is 320 g/mol. The quantitative estimate of drug-likeness (QED) is 0.766. The third-order valence-corrected chi connectivity index (χ3v) is 7.64. The Morgan fingerprint density at radius 2 is 1.96 bits per heavy atom. The normalized spacial score (nSPS) is 44.1. The Morgan fingerprint density at radius 3 is 2.61 bits per heavy atom. The summed E-state index contributed by atoms with van der Waals surface area (Å²) in [6, 6.07) is 0. The van der Waals surface area contributed by atoms with Crippen molar-refractivity contribution >= 4 is 5.78 Å². The van der Waals surface area contributed by atoms with Crippen molar-refractivity contribution in [3.63, 3.8) is 0 Å². The molecule has 0 spiro atoms. The van der Waals surface area contributed by atoms with E-state index < -0.39 is 6.10 Å². The Labute approximate surface area is 140 Å². The maximum absolute atomic E-state index is 12.9. The van der Waals surface area contributed by atoms with E-state index in [9.17, 15) is 15.0 Å². The van der Waals surface area contributed by atoms with Crippen molar-refractivity contribution in [3.05, 3.63) is 11.6 Å². The van der Waals surface area contributed by atoms with Gasteiger partial charge in [0, 0.05) is 11.8 Å². The highest BCUT2D eigenvalue weighted by molar-refractivity contribution is 5.87. The number of carbonyl (C=O) groups excluding carboxylic acids is 1. The number of fused-ring (bicyclic) bond motifs is 3. The molecule has 3 heteroatoms. The minimum Gasteiger partial charge on any atom is -0.394 e. The lowest BCUT2D eigenvalue weighted by atomic mass is 9.45. The van der Waals surface area contributed by atoms with E-state index in [-0.39, 0.29) is 22.9 Å². The molecule has 5 atom stereocenters. The van der Waals surface area contributed by atoms with Crippen molar-refractivity contribution < 1.29 is 15.0 Å². The molecule has 2 saturated carbocycles. The van der Waals surface area contributed by atoms with E-state index in [1.807, 2.05) is 0 Å². The van der Waals surface area contributed by atoms with Gasteiger partial charge in [-0.15, -0.1) is 0 Å². The molecule has 2 fully saturated rings. The van der Waals surface area contributed by atoms with E-state index in [0.717, 1.165) is 32.1 Å². The van der Waals surface area contributed by atoms with Crippen LogP contribution in [-0.2, 0) is 4.79 Å². The van der Waals surface area contributed by atoms with Gasteiger partial charge in [0.2, 0.25) is 0 Å². The van der Waals surface area contributed by atoms with Crippen LogP contribution < -0.4 is 0 Å². The van der Waals surface area contributed by atoms with Gasteiger partial charge in [-0.2, -0.15) is 0 Å². The fourth-order valence-corrected chi connectivity index (χ4v) is 5.90. The molecule has 0 radical (unpaired) electrons. The first-order valence-electron chi connectivity index (χ1n) is 9.16. The monoisotopic (exact) mass is 320 g/mol. The summed E-state index contributed by atoms with van der Waals surface area (Å²) in [5.74, 6) is 1.20. The zero-order valence-electron chi connectivity index (χ0n) is 15.1. The molecule has 23 heavy (non-hydrogen) atoms. The third kappa shape index (κ3) is 2.42.